The van der Waals surface area contributed by atoms with Crippen molar-refractivity contribution >= 4 is 27.7 Å². The molecule has 0 radical (unpaired) electrons. The van der Waals surface area contributed by atoms with Crippen molar-refractivity contribution in [1.29, 1.82) is 0 Å². The van der Waals surface area contributed by atoms with Gasteiger partial charge >= 0.3 is 0 Å². The minimum absolute atomic E-state index is 0.277. The van der Waals surface area contributed by atoms with Crippen molar-refractivity contribution in [3.8, 4) is 0 Å². The Morgan fingerprint density at radius 3 is 2.93 bits per heavy atom. The van der Waals surface area contributed by atoms with Crippen molar-refractivity contribution in [3.63, 3.8) is 0 Å². The van der Waals surface area contributed by atoms with Crippen molar-refractivity contribution in [2.75, 3.05) is 5.32 Å². The molecule has 6 heteroatoms. The molecule has 1 amide bonds. The van der Waals surface area contributed by atoms with Crippen LogP contribution in [0.5, 0.6) is 0 Å². The fourth-order valence-electron chi connectivity index (χ4n) is 1.05. The molecule has 0 fully saturated rings. The van der Waals surface area contributed by atoms with Crippen LogP contribution < -0.4 is 5.32 Å². The highest BCUT2D eigenvalue weighted by Crippen LogP contribution is 2.08. The van der Waals surface area contributed by atoms with Crippen LogP contribution in [-0.2, 0) is 0 Å². The van der Waals surface area contributed by atoms with E-state index in [2.05, 4.69) is 36.4 Å². The molecule has 0 bridgehead atoms. The number of nitrogens with one attached hydrogen (secondary N) is 2. The number of anilines is 1. The summed E-state index contributed by atoms with van der Waals surface area (Å²) in [4.78, 5) is 15.6. The zero-order valence-electron chi connectivity index (χ0n) is 7.57. The zero-order valence-corrected chi connectivity index (χ0v) is 9.15. The number of nitrogens with zero attached hydrogens (tertiary/aromatic N) is 2. The summed E-state index contributed by atoms with van der Waals surface area (Å²) in [5.74, 6) is 0.266. The molecule has 76 valence electrons. The average molecular weight is 267 g/mol. The molecule has 2 N–H and O–H groups in total. The maximum Gasteiger partial charge on any atom is 0.275 e. The lowest BCUT2D eigenvalue weighted by molar-refractivity contribution is 0.102. The molecule has 0 atom stereocenters. The van der Waals surface area contributed by atoms with E-state index in [9.17, 15) is 4.79 Å². The van der Waals surface area contributed by atoms with Gasteiger partial charge in [0.1, 0.15) is 16.1 Å². The van der Waals surface area contributed by atoms with Gasteiger partial charge in [-0.3, -0.25) is 9.89 Å². The molecule has 5 nitrogen and oxygen atoms in total. The first kappa shape index (κ1) is 9.85. The van der Waals surface area contributed by atoms with E-state index in [1.165, 1.54) is 0 Å². The molecule has 0 spiro atoms. The Hall–Kier alpha value is -1.69. The third-order valence-corrected chi connectivity index (χ3v) is 2.14. The molecular weight excluding hydrogens is 260 g/mol. The molecule has 15 heavy (non-hydrogen) atoms. The summed E-state index contributed by atoms with van der Waals surface area (Å²) in [5, 5.41) is 8.97. The topological polar surface area (TPSA) is 70.7 Å². The van der Waals surface area contributed by atoms with E-state index in [1.807, 2.05) is 0 Å². The number of H-pyrrole nitrogens is 1. The molecule has 2 rings (SSSR count). The lowest BCUT2D eigenvalue weighted by Crippen LogP contribution is -2.13. The Morgan fingerprint density at radius 2 is 2.27 bits per heavy atom. The van der Waals surface area contributed by atoms with E-state index in [0.717, 1.165) is 0 Å². The summed E-state index contributed by atoms with van der Waals surface area (Å²) in [6, 6.07) is 6.80. The van der Waals surface area contributed by atoms with Crippen molar-refractivity contribution in [2.24, 2.45) is 0 Å². The van der Waals surface area contributed by atoms with Gasteiger partial charge in [-0.25, -0.2) is 4.98 Å². The van der Waals surface area contributed by atoms with E-state index < -0.39 is 0 Å². The Balaban J connectivity index is 2.15. The smallest absolute Gasteiger partial charge is 0.275 e. The number of aromatic amines is 1. The maximum atomic E-state index is 11.6. The molecule has 0 aliphatic carbocycles. The van der Waals surface area contributed by atoms with E-state index in [0.29, 0.717) is 16.1 Å². The monoisotopic (exact) mass is 266 g/mol. The number of halogens is 1. The highest BCUT2D eigenvalue weighted by atomic mass is 79.9. The molecule has 0 aliphatic rings. The molecule has 0 unspecified atom stereocenters. The summed E-state index contributed by atoms with van der Waals surface area (Å²) >= 11 is 3.20. The Morgan fingerprint density at radius 1 is 1.40 bits per heavy atom. The van der Waals surface area contributed by atoms with Crippen LogP contribution in [0.3, 0.4) is 0 Å². The third kappa shape index (κ3) is 2.41. The number of carbonyl (C=O) groups is 1. The van der Waals surface area contributed by atoms with Crippen LogP contribution in [0.4, 0.5) is 5.82 Å². The second-order valence-corrected chi connectivity index (χ2v) is 3.58. The van der Waals surface area contributed by atoms with Crippen molar-refractivity contribution in [2.45, 2.75) is 0 Å². The second kappa shape index (κ2) is 4.22. The van der Waals surface area contributed by atoms with E-state index >= 15 is 0 Å². The van der Waals surface area contributed by atoms with Gasteiger partial charge in [0.25, 0.3) is 5.91 Å². The van der Waals surface area contributed by atoms with E-state index in [4.69, 9.17) is 0 Å². The van der Waals surface area contributed by atoms with E-state index in [1.54, 1.807) is 30.5 Å². The van der Waals surface area contributed by atoms with Crippen molar-refractivity contribution in [3.05, 3.63) is 40.8 Å². The molecule has 0 saturated carbocycles. The first-order chi connectivity index (χ1) is 7.25. The molecule has 0 aromatic carbocycles. The number of hydrogen-bond donors (Lipinski definition) is 2. The lowest BCUT2D eigenvalue weighted by Gasteiger charge is -2.01. The van der Waals surface area contributed by atoms with Crippen LogP contribution in [0.15, 0.2) is 35.1 Å². The minimum Gasteiger partial charge on any atom is -0.306 e. The van der Waals surface area contributed by atoms with Gasteiger partial charge < -0.3 is 5.32 Å². The quantitative estimate of drug-likeness (QED) is 0.815. The normalized spacial score (nSPS) is 9.93. The van der Waals surface area contributed by atoms with Crippen LogP contribution in [0.1, 0.15) is 10.5 Å². The van der Waals surface area contributed by atoms with Gasteiger partial charge in [0.05, 0.1) is 6.20 Å². The summed E-state index contributed by atoms with van der Waals surface area (Å²) in [6.07, 6.45) is 1.56. The lowest BCUT2D eigenvalue weighted by atomic mass is 10.3. The van der Waals surface area contributed by atoms with Crippen molar-refractivity contribution < 1.29 is 4.79 Å². The molecular formula is C9H7BrN4O. The van der Waals surface area contributed by atoms with Crippen LogP contribution in [-0.4, -0.2) is 21.1 Å². The second-order valence-electron chi connectivity index (χ2n) is 2.77. The fraction of sp³-hybridized carbons (Fsp3) is 0. The van der Waals surface area contributed by atoms with E-state index in [-0.39, 0.29) is 5.91 Å². The van der Waals surface area contributed by atoms with Crippen LogP contribution in [0.25, 0.3) is 0 Å². The van der Waals surface area contributed by atoms with Gasteiger partial charge in [0.2, 0.25) is 0 Å². The van der Waals surface area contributed by atoms with Gasteiger partial charge in [0, 0.05) is 6.07 Å². The highest BCUT2D eigenvalue weighted by molar-refractivity contribution is 9.10. The first-order valence-corrected chi connectivity index (χ1v) is 4.98. The minimum atomic E-state index is -0.277. The Labute approximate surface area is 94.0 Å². The average Bonchev–Trinajstić information content (AvgIpc) is 2.70. The Kier molecular flexibility index (Phi) is 2.77. The SMILES string of the molecule is O=C(Nc1ccn[nH]1)c1cccc(Br)n1. The molecule has 2 aromatic rings. The first-order valence-electron chi connectivity index (χ1n) is 4.19. The van der Waals surface area contributed by atoms with Gasteiger partial charge in [-0.2, -0.15) is 5.10 Å². The highest BCUT2D eigenvalue weighted by Gasteiger charge is 2.07. The largest absolute Gasteiger partial charge is 0.306 e. The van der Waals surface area contributed by atoms with Gasteiger partial charge in [0.15, 0.2) is 0 Å². The summed E-state index contributed by atoms with van der Waals surface area (Å²) in [7, 11) is 0. The van der Waals surface area contributed by atoms with Crippen LogP contribution in [0, 0.1) is 0 Å². The maximum absolute atomic E-state index is 11.6. The number of carbonyl (C=O) groups excluding carboxylic acids is 1. The predicted molar refractivity (Wildman–Crippen MR) is 58.5 cm³/mol. The fourth-order valence-corrected chi connectivity index (χ4v) is 1.39. The van der Waals surface area contributed by atoms with Gasteiger partial charge in [-0.15, -0.1) is 0 Å². The molecule has 2 aromatic heterocycles. The number of aromatic nitrogens is 3. The number of amides is 1. The van der Waals surface area contributed by atoms with Crippen molar-refractivity contribution in [1.82, 2.24) is 15.2 Å². The summed E-state index contributed by atoms with van der Waals surface area (Å²) in [6.45, 7) is 0. The van der Waals surface area contributed by atoms with Gasteiger partial charge in [-0.05, 0) is 28.1 Å². The zero-order chi connectivity index (χ0) is 10.7. The van der Waals surface area contributed by atoms with Crippen LogP contribution >= 0.6 is 15.9 Å². The number of pyridine rings is 1. The molecule has 0 saturated heterocycles. The standard InChI is InChI=1S/C9H7BrN4O/c10-7-3-1-2-6(12-7)9(15)13-8-4-5-11-14-8/h1-5H,(H2,11,13,14,15). The Bertz CT molecular complexity index is 469. The third-order valence-electron chi connectivity index (χ3n) is 1.70. The molecule has 2 heterocycles. The number of hydrogen-bond acceptors (Lipinski definition) is 3. The summed E-state index contributed by atoms with van der Waals surface area (Å²) in [5.41, 5.74) is 0.346. The number of rotatable bonds is 2. The summed E-state index contributed by atoms with van der Waals surface area (Å²) < 4.78 is 0.625. The molecule has 0 aliphatic heterocycles. The predicted octanol–water partition coefficient (Wildman–Crippen LogP) is 1.82. The van der Waals surface area contributed by atoms with Crippen LogP contribution in [0.2, 0.25) is 0 Å². The van der Waals surface area contributed by atoms with Gasteiger partial charge in [-0.1, -0.05) is 6.07 Å².